The highest BCUT2D eigenvalue weighted by atomic mass is 79.9. The Morgan fingerprint density at radius 1 is 0.952 bits per heavy atom. The van der Waals surface area contributed by atoms with Crippen LogP contribution in [0, 0.1) is 0 Å². The summed E-state index contributed by atoms with van der Waals surface area (Å²) in [7, 11) is 3.28. The maximum atomic E-state index is 5.71. The Balaban J connectivity index is 1.89. The Hall–Kier alpha value is -1.88. The molecule has 0 unspecified atom stereocenters. The molecule has 0 radical (unpaired) electrons. The molecule has 0 aliphatic heterocycles. The molecule has 0 amide bonds. The zero-order valence-corrected chi connectivity index (χ0v) is 13.6. The Kier molecular flexibility index (Phi) is 5.75. The molecule has 2 aromatic carbocycles. The van der Waals surface area contributed by atoms with Crippen LogP contribution < -0.4 is 19.5 Å². The van der Waals surface area contributed by atoms with Crippen LogP contribution in [0.5, 0.6) is 17.2 Å². The first-order valence-corrected chi connectivity index (χ1v) is 7.37. The fourth-order valence-electron chi connectivity index (χ4n) is 1.90. The maximum absolute atomic E-state index is 5.71. The van der Waals surface area contributed by atoms with Crippen molar-refractivity contribution >= 4 is 21.6 Å². The SMILES string of the molecule is COc1ccc(Br)cc1NCCOc1ccccc1OC. The van der Waals surface area contributed by atoms with E-state index >= 15 is 0 Å². The Labute approximate surface area is 133 Å². The molecule has 0 bridgehead atoms. The number of rotatable bonds is 7. The third kappa shape index (κ3) is 4.29. The van der Waals surface area contributed by atoms with Crippen molar-refractivity contribution < 1.29 is 14.2 Å². The molecule has 21 heavy (non-hydrogen) atoms. The van der Waals surface area contributed by atoms with Crippen molar-refractivity contribution in [3.05, 3.63) is 46.9 Å². The van der Waals surface area contributed by atoms with Crippen LogP contribution in [0.15, 0.2) is 46.9 Å². The Bertz CT molecular complexity index is 589. The highest BCUT2D eigenvalue weighted by Crippen LogP contribution is 2.28. The first-order chi connectivity index (χ1) is 10.2. The van der Waals surface area contributed by atoms with Gasteiger partial charge in [0.15, 0.2) is 11.5 Å². The van der Waals surface area contributed by atoms with E-state index in [0.717, 1.165) is 27.4 Å². The molecule has 0 heterocycles. The van der Waals surface area contributed by atoms with Crippen molar-refractivity contribution in [3.8, 4) is 17.2 Å². The number of benzene rings is 2. The molecular weight excluding hydrogens is 334 g/mol. The van der Waals surface area contributed by atoms with Crippen molar-refractivity contribution in [2.45, 2.75) is 0 Å². The summed E-state index contributed by atoms with van der Waals surface area (Å²) in [5.41, 5.74) is 0.926. The van der Waals surface area contributed by atoms with Crippen LogP contribution in [-0.2, 0) is 0 Å². The lowest BCUT2D eigenvalue weighted by atomic mass is 10.3. The molecular formula is C16H18BrNO3. The second kappa shape index (κ2) is 7.78. The Morgan fingerprint density at radius 3 is 2.38 bits per heavy atom. The molecule has 0 saturated heterocycles. The zero-order valence-electron chi connectivity index (χ0n) is 12.1. The number of halogens is 1. The molecule has 0 saturated carbocycles. The van der Waals surface area contributed by atoms with E-state index in [4.69, 9.17) is 14.2 Å². The van der Waals surface area contributed by atoms with Gasteiger partial charge in [-0.3, -0.25) is 0 Å². The van der Waals surface area contributed by atoms with Gasteiger partial charge in [0.05, 0.1) is 19.9 Å². The molecule has 0 fully saturated rings. The average Bonchev–Trinajstić information content (AvgIpc) is 2.52. The van der Waals surface area contributed by atoms with E-state index in [-0.39, 0.29) is 0 Å². The highest BCUT2D eigenvalue weighted by molar-refractivity contribution is 9.10. The van der Waals surface area contributed by atoms with Crippen LogP contribution in [0.3, 0.4) is 0 Å². The summed E-state index contributed by atoms with van der Waals surface area (Å²) in [6.07, 6.45) is 0. The number of anilines is 1. The predicted octanol–water partition coefficient (Wildman–Crippen LogP) is 3.96. The third-order valence-corrected chi connectivity index (χ3v) is 3.40. The van der Waals surface area contributed by atoms with Crippen molar-refractivity contribution in [1.29, 1.82) is 0 Å². The van der Waals surface area contributed by atoms with E-state index in [9.17, 15) is 0 Å². The van der Waals surface area contributed by atoms with Gasteiger partial charge >= 0.3 is 0 Å². The number of hydrogen-bond acceptors (Lipinski definition) is 4. The van der Waals surface area contributed by atoms with Gasteiger partial charge in [0.2, 0.25) is 0 Å². The Morgan fingerprint density at radius 2 is 1.67 bits per heavy atom. The van der Waals surface area contributed by atoms with Crippen LogP contribution in [0.2, 0.25) is 0 Å². The fourth-order valence-corrected chi connectivity index (χ4v) is 2.26. The van der Waals surface area contributed by atoms with Crippen molar-refractivity contribution in [3.63, 3.8) is 0 Å². The zero-order chi connectivity index (χ0) is 15.1. The number of ether oxygens (including phenoxy) is 3. The molecule has 0 aromatic heterocycles. The third-order valence-electron chi connectivity index (χ3n) is 2.91. The van der Waals surface area contributed by atoms with Crippen LogP contribution >= 0.6 is 15.9 Å². The molecule has 0 aliphatic rings. The van der Waals surface area contributed by atoms with Crippen LogP contribution in [0.25, 0.3) is 0 Å². The lowest BCUT2D eigenvalue weighted by Crippen LogP contribution is -2.12. The van der Waals surface area contributed by atoms with Crippen LogP contribution in [-0.4, -0.2) is 27.4 Å². The van der Waals surface area contributed by atoms with Gasteiger partial charge in [-0.15, -0.1) is 0 Å². The monoisotopic (exact) mass is 351 g/mol. The van der Waals surface area contributed by atoms with E-state index in [2.05, 4.69) is 21.2 Å². The molecule has 0 atom stereocenters. The second-order valence-corrected chi connectivity index (χ2v) is 5.19. The summed E-state index contributed by atoms with van der Waals surface area (Å²) >= 11 is 3.45. The summed E-state index contributed by atoms with van der Waals surface area (Å²) in [5.74, 6) is 2.27. The molecule has 112 valence electrons. The fraction of sp³-hybridized carbons (Fsp3) is 0.250. The summed E-state index contributed by atoms with van der Waals surface area (Å²) in [6, 6.07) is 13.4. The number of para-hydroxylation sites is 2. The molecule has 1 N–H and O–H groups in total. The topological polar surface area (TPSA) is 39.7 Å². The van der Waals surface area contributed by atoms with Gasteiger partial charge < -0.3 is 19.5 Å². The van der Waals surface area contributed by atoms with Gasteiger partial charge in [-0.2, -0.15) is 0 Å². The lowest BCUT2D eigenvalue weighted by Gasteiger charge is -2.13. The van der Waals surface area contributed by atoms with Crippen LogP contribution in [0.1, 0.15) is 0 Å². The second-order valence-electron chi connectivity index (χ2n) is 4.27. The quantitative estimate of drug-likeness (QED) is 0.766. The number of hydrogen-bond donors (Lipinski definition) is 1. The van der Waals surface area contributed by atoms with Gasteiger partial charge in [0.1, 0.15) is 12.4 Å². The lowest BCUT2D eigenvalue weighted by molar-refractivity contribution is 0.305. The van der Waals surface area contributed by atoms with E-state index in [0.29, 0.717) is 13.2 Å². The first-order valence-electron chi connectivity index (χ1n) is 6.58. The molecule has 2 aromatic rings. The predicted molar refractivity (Wildman–Crippen MR) is 87.7 cm³/mol. The van der Waals surface area contributed by atoms with E-state index in [1.165, 1.54) is 0 Å². The van der Waals surface area contributed by atoms with E-state index < -0.39 is 0 Å². The minimum absolute atomic E-state index is 0.524. The van der Waals surface area contributed by atoms with Gasteiger partial charge in [-0.25, -0.2) is 0 Å². The van der Waals surface area contributed by atoms with Gasteiger partial charge in [-0.05, 0) is 30.3 Å². The molecule has 5 heteroatoms. The van der Waals surface area contributed by atoms with Crippen molar-refractivity contribution in [2.75, 3.05) is 32.7 Å². The molecule has 0 aliphatic carbocycles. The van der Waals surface area contributed by atoms with Gasteiger partial charge in [0.25, 0.3) is 0 Å². The summed E-state index contributed by atoms with van der Waals surface area (Å²) in [5, 5.41) is 3.29. The van der Waals surface area contributed by atoms with E-state index in [1.54, 1.807) is 14.2 Å². The van der Waals surface area contributed by atoms with E-state index in [1.807, 2.05) is 42.5 Å². The van der Waals surface area contributed by atoms with Crippen molar-refractivity contribution in [1.82, 2.24) is 0 Å². The van der Waals surface area contributed by atoms with Gasteiger partial charge in [0, 0.05) is 11.0 Å². The van der Waals surface area contributed by atoms with Crippen LogP contribution in [0.4, 0.5) is 5.69 Å². The summed E-state index contributed by atoms with van der Waals surface area (Å²) in [4.78, 5) is 0. The molecule has 0 spiro atoms. The number of methoxy groups -OCH3 is 2. The molecule has 2 rings (SSSR count). The minimum atomic E-state index is 0.524. The standard InChI is InChI=1S/C16H18BrNO3/c1-19-14-8-7-12(17)11-13(14)18-9-10-21-16-6-4-3-5-15(16)20-2/h3-8,11,18H,9-10H2,1-2H3. The summed E-state index contributed by atoms with van der Waals surface area (Å²) < 4.78 is 17.3. The maximum Gasteiger partial charge on any atom is 0.161 e. The minimum Gasteiger partial charge on any atom is -0.495 e. The average molecular weight is 352 g/mol. The molecule has 4 nitrogen and oxygen atoms in total. The smallest absolute Gasteiger partial charge is 0.161 e. The normalized spacial score (nSPS) is 10.0. The summed E-state index contributed by atoms with van der Waals surface area (Å²) in [6.45, 7) is 1.18. The highest BCUT2D eigenvalue weighted by Gasteiger charge is 2.04. The van der Waals surface area contributed by atoms with Gasteiger partial charge in [-0.1, -0.05) is 28.1 Å². The first kappa shape index (κ1) is 15.5. The number of nitrogens with one attached hydrogen (secondary N) is 1. The van der Waals surface area contributed by atoms with Crippen molar-refractivity contribution in [2.24, 2.45) is 0 Å². The largest absolute Gasteiger partial charge is 0.495 e.